The monoisotopic (exact) mass is 507 g/mol. The first kappa shape index (κ1) is 23.4. The number of pyridine rings is 2. The van der Waals surface area contributed by atoms with Gasteiger partial charge in [0.05, 0.1) is 17.1 Å². The fraction of sp³-hybridized carbons (Fsp3) is 0.160. The first-order valence-electron chi connectivity index (χ1n) is 10.9. The van der Waals surface area contributed by atoms with Crippen molar-refractivity contribution >= 4 is 28.3 Å². The summed E-state index contributed by atoms with van der Waals surface area (Å²) in [6, 6.07) is 10.8. The van der Waals surface area contributed by atoms with Gasteiger partial charge in [0.15, 0.2) is 11.2 Å². The minimum atomic E-state index is -0.730. The number of rotatable bonds is 5. The van der Waals surface area contributed by atoms with Crippen LogP contribution in [0.15, 0.2) is 61.0 Å². The van der Waals surface area contributed by atoms with E-state index in [1.807, 2.05) is 19.9 Å². The lowest BCUT2D eigenvalue weighted by Gasteiger charge is -2.20. The fourth-order valence-electron chi connectivity index (χ4n) is 4.04. The standard InChI is InChI=1S/C25H19ClFN5O4/c1-11-9-14(13(3)28-16-7-8-18(26)30-20(16)24-31-25(34)36-32-24)23-15(10-11)21(33)12(2)22(35-23)17-5-4-6-19(27)29-17/h4-10,13,28H,1-3H3,(H,31,32,34)/t13-/m1/s1. The Kier molecular flexibility index (Phi) is 5.89. The third kappa shape index (κ3) is 4.27. The second kappa shape index (κ2) is 9.04. The molecule has 182 valence electrons. The zero-order valence-corrected chi connectivity index (χ0v) is 20.1. The van der Waals surface area contributed by atoms with Gasteiger partial charge in [-0.25, -0.2) is 14.8 Å². The number of fused-ring (bicyclic) bond motifs is 1. The molecule has 0 spiro atoms. The molecule has 9 nitrogen and oxygen atoms in total. The highest BCUT2D eigenvalue weighted by molar-refractivity contribution is 6.29. The maximum absolute atomic E-state index is 13.8. The number of aromatic amines is 1. The lowest BCUT2D eigenvalue weighted by atomic mass is 9.99. The van der Waals surface area contributed by atoms with E-state index in [1.165, 1.54) is 12.1 Å². The summed E-state index contributed by atoms with van der Waals surface area (Å²) in [7, 11) is 0. The normalized spacial score (nSPS) is 12.1. The Morgan fingerprint density at radius 1 is 1.11 bits per heavy atom. The van der Waals surface area contributed by atoms with E-state index in [4.69, 9.17) is 16.0 Å². The smallest absolute Gasteiger partial charge is 0.439 e. The Morgan fingerprint density at radius 3 is 2.64 bits per heavy atom. The number of hydrogen-bond donors (Lipinski definition) is 2. The highest BCUT2D eigenvalue weighted by Gasteiger charge is 2.21. The number of H-pyrrole nitrogens is 1. The summed E-state index contributed by atoms with van der Waals surface area (Å²) in [4.78, 5) is 35.4. The molecule has 0 bridgehead atoms. The number of anilines is 1. The van der Waals surface area contributed by atoms with E-state index < -0.39 is 17.7 Å². The van der Waals surface area contributed by atoms with Crippen LogP contribution in [0.3, 0.4) is 0 Å². The molecule has 4 heterocycles. The molecule has 1 aromatic carbocycles. The maximum Gasteiger partial charge on any atom is 0.439 e. The van der Waals surface area contributed by atoms with Gasteiger partial charge in [-0.1, -0.05) is 28.9 Å². The summed E-state index contributed by atoms with van der Waals surface area (Å²) in [6.45, 7) is 5.38. The van der Waals surface area contributed by atoms with Crippen molar-refractivity contribution in [2.45, 2.75) is 26.8 Å². The first-order valence-corrected chi connectivity index (χ1v) is 11.3. The molecule has 0 aliphatic rings. The van der Waals surface area contributed by atoms with Crippen LogP contribution < -0.4 is 16.5 Å². The molecule has 4 aromatic heterocycles. The molecule has 0 saturated carbocycles. The number of nitrogens with zero attached hydrogens (tertiary/aromatic N) is 3. The van der Waals surface area contributed by atoms with E-state index >= 15 is 0 Å². The van der Waals surface area contributed by atoms with Crippen LogP contribution in [0, 0.1) is 19.8 Å². The molecule has 0 amide bonds. The Hall–Kier alpha value is -4.31. The van der Waals surface area contributed by atoms with E-state index in [9.17, 15) is 14.0 Å². The SMILES string of the molecule is Cc1cc([C@@H](C)Nc2ccc(Cl)nc2-c2noc(=O)[nH]2)c2oc(-c3cccc(F)n3)c(C)c(=O)c2c1. The van der Waals surface area contributed by atoms with Gasteiger partial charge in [-0.05, 0) is 56.7 Å². The van der Waals surface area contributed by atoms with Gasteiger partial charge in [0.25, 0.3) is 0 Å². The Labute approximate surface area is 208 Å². The number of benzene rings is 1. The first-order chi connectivity index (χ1) is 17.2. The van der Waals surface area contributed by atoms with Crippen molar-refractivity contribution in [3.63, 3.8) is 0 Å². The van der Waals surface area contributed by atoms with Gasteiger partial charge in [-0.3, -0.25) is 14.3 Å². The molecule has 36 heavy (non-hydrogen) atoms. The van der Waals surface area contributed by atoms with Crippen molar-refractivity contribution in [1.29, 1.82) is 0 Å². The van der Waals surface area contributed by atoms with Crippen LogP contribution in [-0.2, 0) is 0 Å². The molecule has 5 rings (SSSR count). The van der Waals surface area contributed by atoms with Crippen LogP contribution in [0.25, 0.3) is 33.9 Å². The third-order valence-electron chi connectivity index (χ3n) is 5.70. The van der Waals surface area contributed by atoms with E-state index in [2.05, 4.69) is 29.9 Å². The summed E-state index contributed by atoms with van der Waals surface area (Å²) < 4.78 is 24.6. The van der Waals surface area contributed by atoms with Crippen molar-refractivity contribution in [3.8, 4) is 23.0 Å². The summed E-state index contributed by atoms with van der Waals surface area (Å²) in [5, 5.41) is 7.62. The van der Waals surface area contributed by atoms with Crippen LogP contribution in [0.1, 0.15) is 29.7 Å². The maximum atomic E-state index is 13.8. The van der Waals surface area contributed by atoms with Gasteiger partial charge in [0.2, 0.25) is 11.8 Å². The number of aromatic nitrogens is 4. The lowest BCUT2D eigenvalue weighted by Crippen LogP contribution is -2.13. The predicted molar refractivity (Wildman–Crippen MR) is 133 cm³/mol. The number of halogens is 2. The van der Waals surface area contributed by atoms with E-state index in [-0.39, 0.29) is 33.6 Å². The van der Waals surface area contributed by atoms with Crippen molar-refractivity contribution in [1.82, 2.24) is 20.1 Å². The summed E-state index contributed by atoms with van der Waals surface area (Å²) in [6.07, 6.45) is 0. The molecule has 0 fully saturated rings. The summed E-state index contributed by atoms with van der Waals surface area (Å²) >= 11 is 6.07. The zero-order chi connectivity index (χ0) is 25.6. The average molecular weight is 508 g/mol. The van der Waals surface area contributed by atoms with Crippen LogP contribution in [0.2, 0.25) is 5.15 Å². The second-order valence-corrected chi connectivity index (χ2v) is 8.69. The van der Waals surface area contributed by atoms with Gasteiger partial charge in [-0.15, -0.1) is 0 Å². The van der Waals surface area contributed by atoms with Crippen molar-refractivity contribution < 1.29 is 13.3 Å². The Bertz CT molecular complexity index is 1740. The van der Waals surface area contributed by atoms with Gasteiger partial charge >= 0.3 is 5.76 Å². The largest absolute Gasteiger partial charge is 0.454 e. The highest BCUT2D eigenvalue weighted by Crippen LogP contribution is 2.33. The quantitative estimate of drug-likeness (QED) is 0.312. The predicted octanol–water partition coefficient (Wildman–Crippen LogP) is 5.18. The average Bonchev–Trinajstić information content (AvgIpc) is 3.28. The lowest BCUT2D eigenvalue weighted by molar-refractivity contribution is 0.388. The van der Waals surface area contributed by atoms with E-state index in [0.29, 0.717) is 27.8 Å². The van der Waals surface area contributed by atoms with Crippen molar-refractivity contribution in [2.24, 2.45) is 0 Å². The summed E-state index contributed by atoms with van der Waals surface area (Å²) in [5.41, 5.74) is 2.97. The molecule has 1 atom stereocenters. The molecule has 11 heteroatoms. The van der Waals surface area contributed by atoms with E-state index in [1.54, 1.807) is 31.2 Å². The molecule has 0 radical (unpaired) electrons. The second-order valence-electron chi connectivity index (χ2n) is 8.30. The van der Waals surface area contributed by atoms with Gasteiger partial charge in [0.1, 0.15) is 22.1 Å². The van der Waals surface area contributed by atoms with Crippen LogP contribution in [0.5, 0.6) is 0 Å². The molecule has 0 aliphatic heterocycles. The van der Waals surface area contributed by atoms with Crippen molar-refractivity contribution in [3.05, 3.63) is 91.0 Å². The molecule has 5 aromatic rings. The Balaban J connectivity index is 1.65. The van der Waals surface area contributed by atoms with Crippen LogP contribution in [0.4, 0.5) is 10.1 Å². The van der Waals surface area contributed by atoms with Gasteiger partial charge < -0.3 is 9.73 Å². The van der Waals surface area contributed by atoms with Crippen LogP contribution in [-0.4, -0.2) is 20.1 Å². The molecule has 0 aliphatic carbocycles. The number of aryl methyl sites for hydroxylation is 1. The van der Waals surface area contributed by atoms with Crippen LogP contribution >= 0.6 is 11.6 Å². The minimum absolute atomic E-state index is 0.105. The molecule has 0 saturated heterocycles. The van der Waals surface area contributed by atoms with Gasteiger partial charge in [-0.2, -0.15) is 4.39 Å². The topological polar surface area (TPSA) is 127 Å². The zero-order valence-electron chi connectivity index (χ0n) is 19.3. The minimum Gasteiger partial charge on any atom is -0.454 e. The molecule has 0 unspecified atom stereocenters. The molecular formula is C25H19ClFN5O4. The molecule has 2 N–H and O–H groups in total. The third-order valence-corrected chi connectivity index (χ3v) is 5.91. The fourth-order valence-corrected chi connectivity index (χ4v) is 4.19. The van der Waals surface area contributed by atoms with Crippen molar-refractivity contribution in [2.75, 3.05) is 5.32 Å². The molecular weight excluding hydrogens is 489 g/mol. The highest BCUT2D eigenvalue weighted by atomic mass is 35.5. The summed E-state index contributed by atoms with van der Waals surface area (Å²) in [5.74, 6) is -1.11. The van der Waals surface area contributed by atoms with Gasteiger partial charge in [0, 0.05) is 11.1 Å². The van der Waals surface area contributed by atoms with E-state index in [0.717, 1.165) is 5.56 Å². The number of nitrogens with one attached hydrogen (secondary N) is 2. The Morgan fingerprint density at radius 2 is 1.92 bits per heavy atom. The number of hydrogen-bond acceptors (Lipinski definition) is 8.